The minimum atomic E-state index is -0.293. The molecule has 1 saturated carbocycles. The maximum absolute atomic E-state index is 12.7. The van der Waals surface area contributed by atoms with E-state index in [-0.39, 0.29) is 17.2 Å². The number of amides is 1. The van der Waals surface area contributed by atoms with Crippen molar-refractivity contribution in [2.75, 3.05) is 5.32 Å². The predicted octanol–water partition coefficient (Wildman–Crippen LogP) is 4.24. The second-order valence-corrected chi connectivity index (χ2v) is 9.14. The van der Waals surface area contributed by atoms with Gasteiger partial charge in [-0.1, -0.05) is 17.8 Å². The van der Waals surface area contributed by atoms with Gasteiger partial charge < -0.3 is 5.32 Å². The number of rotatable bonds is 7. The van der Waals surface area contributed by atoms with Gasteiger partial charge >= 0.3 is 0 Å². The summed E-state index contributed by atoms with van der Waals surface area (Å²) in [6.45, 7) is 5.96. The lowest BCUT2D eigenvalue weighted by Gasteiger charge is -2.15. The van der Waals surface area contributed by atoms with Gasteiger partial charge in [0.15, 0.2) is 11.0 Å². The Labute approximate surface area is 166 Å². The summed E-state index contributed by atoms with van der Waals surface area (Å²) < 4.78 is 4.00. The van der Waals surface area contributed by atoms with E-state index in [2.05, 4.69) is 31.2 Å². The van der Waals surface area contributed by atoms with Crippen molar-refractivity contribution in [3.63, 3.8) is 0 Å². The standard InChI is InChI=1S/C18H22N6OS2/c1-11(2)24-15(8-9-19-24)20-17(25)12(3)27-18-22-21-16(14-5-4-10-26-14)23(18)13-6-7-13/h4-5,8-13H,6-7H2,1-3H3,(H,20,25). The Morgan fingerprint density at radius 2 is 2.11 bits per heavy atom. The quantitative estimate of drug-likeness (QED) is 0.598. The van der Waals surface area contributed by atoms with Gasteiger partial charge in [0, 0.05) is 18.2 Å². The molecule has 7 nitrogen and oxygen atoms in total. The zero-order valence-corrected chi connectivity index (χ0v) is 17.1. The van der Waals surface area contributed by atoms with E-state index in [0.29, 0.717) is 11.9 Å². The summed E-state index contributed by atoms with van der Waals surface area (Å²) in [5, 5.41) is 18.6. The van der Waals surface area contributed by atoms with Crippen LogP contribution in [0.1, 0.15) is 45.7 Å². The molecular formula is C18H22N6OS2. The van der Waals surface area contributed by atoms with Crippen LogP contribution in [0.15, 0.2) is 34.9 Å². The van der Waals surface area contributed by atoms with E-state index in [9.17, 15) is 4.79 Å². The Hall–Kier alpha value is -2.13. The highest BCUT2D eigenvalue weighted by Crippen LogP contribution is 2.42. The van der Waals surface area contributed by atoms with Crippen molar-refractivity contribution < 1.29 is 4.79 Å². The molecule has 1 aliphatic rings. The van der Waals surface area contributed by atoms with E-state index >= 15 is 0 Å². The van der Waals surface area contributed by atoms with E-state index in [1.54, 1.807) is 22.2 Å². The zero-order chi connectivity index (χ0) is 19.0. The summed E-state index contributed by atoms with van der Waals surface area (Å²) in [6.07, 6.45) is 3.97. The second-order valence-electron chi connectivity index (χ2n) is 6.89. The SMILES string of the molecule is CC(Sc1nnc(-c2cccs2)n1C1CC1)C(=O)Nc1ccnn1C(C)C. The highest BCUT2D eigenvalue weighted by molar-refractivity contribution is 8.00. The highest BCUT2D eigenvalue weighted by Gasteiger charge is 2.31. The molecule has 3 aromatic rings. The number of carbonyl (C=O) groups is 1. The van der Waals surface area contributed by atoms with E-state index in [1.165, 1.54) is 11.8 Å². The molecule has 1 amide bonds. The molecular weight excluding hydrogens is 380 g/mol. The number of thiophene rings is 1. The number of carbonyl (C=O) groups excluding carboxylic acids is 1. The number of aromatic nitrogens is 5. The molecule has 3 aromatic heterocycles. The van der Waals surface area contributed by atoms with Gasteiger partial charge in [0.1, 0.15) is 5.82 Å². The van der Waals surface area contributed by atoms with Crippen LogP contribution in [0.4, 0.5) is 5.82 Å². The minimum absolute atomic E-state index is 0.0644. The summed E-state index contributed by atoms with van der Waals surface area (Å²) in [7, 11) is 0. The monoisotopic (exact) mass is 402 g/mol. The summed E-state index contributed by atoms with van der Waals surface area (Å²) in [5.41, 5.74) is 0. The average Bonchev–Trinajstić information content (AvgIpc) is 3.06. The van der Waals surface area contributed by atoms with E-state index < -0.39 is 0 Å². The molecule has 1 atom stereocenters. The molecule has 1 unspecified atom stereocenters. The first kappa shape index (κ1) is 18.2. The third-order valence-corrected chi connectivity index (χ3v) is 6.30. The Morgan fingerprint density at radius 3 is 2.78 bits per heavy atom. The van der Waals surface area contributed by atoms with Crippen LogP contribution in [0.5, 0.6) is 0 Å². The second kappa shape index (κ2) is 7.47. The molecule has 27 heavy (non-hydrogen) atoms. The molecule has 4 rings (SSSR count). The number of nitrogens with zero attached hydrogens (tertiary/aromatic N) is 5. The average molecular weight is 403 g/mol. The van der Waals surface area contributed by atoms with Crippen molar-refractivity contribution in [2.45, 2.75) is 56.1 Å². The number of hydrogen-bond acceptors (Lipinski definition) is 6. The molecule has 1 fully saturated rings. The smallest absolute Gasteiger partial charge is 0.238 e. The van der Waals surface area contributed by atoms with Gasteiger partial charge in [-0.3, -0.25) is 9.36 Å². The van der Waals surface area contributed by atoms with Gasteiger partial charge in [0.2, 0.25) is 5.91 Å². The Morgan fingerprint density at radius 1 is 1.30 bits per heavy atom. The van der Waals surface area contributed by atoms with E-state index in [4.69, 9.17) is 0 Å². The van der Waals surface area contributed by atoms with Crippen LogP contribution in [-0.4, -0.2) is 35.7 Å². The first-order valence-corrected chi connectivity index (χ1v) is 10.8. The van der Waals surface area contributed by atoms with Crippen molar-refractivity contribution >= 4 is 34.8 Å². The maximum atomic E-state index is 12.7. The molecule has 0 aliphatic heterocycles. The topological polar surface area (TPSA) is 77.6 Å². The number of anilines is 1. The van der Waals surface area contributed by atoms with Crippen molar-refractivity contribution in [3.05, 3.63) is 29.8 Å². The maximum Gasteiger partial charge on any atom is 0.238 e. The molecule has 1 N–H and O–H groups in total. The summed E-state index contributed by atoms with van der Waals surface area (Å²) in [4.78, 5) is 13.8. The van der Waals surface area contributed by atoms with E-state index in [1.807, 2.05) is 38.3 Å². The molecule has 3 heterocycles. The van der Waals surface area contributed by atoms with Crippen molar-refractivity contribution in [1.82, 2.24) is 24.5 Å². The van der Waals surface area contributed by atoms with Crippen LogP contribution in [-0.2, 0) is 4.79 Å². The largest absolute Gasteiger partial charge is 0.310 e. The van der Waals surface area contributed by atoms with Crippen LogP contribution in [0.3, 0.4) is 0 Å². The first-order valence-electron chi connectivity index (χ1n) is 9.04. The normalized spacial score (nSPS) is 15.3. The zero-order valence-electron chi connectivity index (χ0n) is 15.5. The lowest BCUT2D eigenvalue weighted by molar-refractivity contribution is -0.115. The molecule has 142 valence electrons. The molecule has 1 aliphatic carbocycles. The van der Waals surface area contributed by atoms with Crippen LogP contribution in [0.25, 0.3) is 10.7 Å². The molecule has 0 saturated heterocycles. The van der Waals surface area contributed by atoms with Crippen LogP contribution in [0, 0.1) is 0 Å². The van der Waals surface area contributed by atoms with Crippen molar-refractivity contribution in [1.29, 1.82) is 0 Å². The van der Waals surface area contributed by atoms with Gasteiger partial charge in [0.25, 0.3) is 0 Å². The van der Waals surface area contributed by atoms with Gasteiger partial charge in [-0.2, -0.15) is 5.10 Å². The van der Waals surface area contributed by atoms with Crippen LogP contribution >= 0.6 is 23.1 Å². The van der Waals surface area contributed by atoms with Crippen molar-refractivity contribution in [3.8, 4) is 10.7 Å². The minimum Gasteiger partial charge on any atom is -0.310 e. The first-order chi connectivity index (χ1) is 13.0. The molecule has 0 bridgehead atoms. The number of nitrogens with one attached hydrogen (secondary N) is 1. The lowest BCUT2D eigenvalue weighted by atomic mass is 10.4. The fourth-order valence-electron chi connectivity index (χ4n) is 2.86. The van der Waals surface area contributed by atoms with Gasteiger partial charge in [-0.25, -0.2) is 4.68 Å². The van der Waals surface area contributed by atoms with Crippen LogP contribution < -0.4 is 5.32 Å². The third kappa shape index (κ3) is 3.79. The Balaban J connectivity index is 1.50. The van der Waals surface area contributed by atoms with Gasteiger partial charge in [0.05, 0.1) is 16.3 Å². The molecule has 0 radical (unpaired) electrons. The summed E-state index contributed by atoms with van der Waals surface area (Å²) in [6, 6.07) is 6.52. The highest BCUT2D eigenvalue weighted by atomic mass is 32.2. The van der Waals surface area contributed by atoms with Crippen molar-refractivity contribution in [2.24, 2.45) is 0 Å². The van der Waals surface area contributed by atoms with Gasteiger partial charge in [-0.15, -0.1) is 21.5 Å². The predicted molar refractivity (Wildman–Crippen MR) is 108 cm³/mol. The molecule has 0 spiro atoms. The third-order valence-electron chi connectivity index (χ3n) is 4.38. The molecule has 0 aromatic carbocycles. The Kier molecular flexibility index (Phi) is 5.05. The summed E-state index contributed by atoms with van der Waals surface area (Å²) >= 11 is 3.11. The van der Waals surface area contributed by atoms with Gasteiger partial charge in [-0.05, 0) is 45.1 Å². The lowest BCUT2D eigenvalue weighted by Crippen LogP contribution is -2.25. The fraction of sp³-hybridized carbons (Fsp3) is 0.444. The fourth-order valence-corrected chi connectivity index (χ4v) is 4.48. The Bertz CT molecular complexity index is 926. The van der Waals surface area contributed by atoms with E-state index in [0.717, 1.165) is 28.7 Å². The number of thioether (sulfide) groups is 1. The van der Waals surface area contributed by atoms with Crippen LogP contribution in [0.2, 0.25) is 0 Å². The summed E-state index contributed by atoms with van der Waals surface area (Å²) in [5.74, 6) is 1.55. The number of hydrogen-bond donors (Lipinski definition) is 1. The molecule has 9 heteroatoms.